The van der Waals surface area contributed by atoms with Gasteiger partial charge in [0, 0.05) is 6.04 Å². The van der Waals surface area contributed by atoms with Crippen LogP contribution in [0, 0.1) is 12.8 Å². The number of hydrogen-bond donors (Lipinski definition) is 3. The molecule has 4 N–H and O–H groups in total. The van der Waals surface area contributed by atoms with E-state index in [-0.39, 0.29) is 22.3 Å². The summed E-state index contributed by atoms with van der Waals surface area (Å²) in [5.41, 5.74) is 0.131. The highest BCUT2D eigenvalue weighted by Gasteiger charge is 2.28. The summed E-state index contributed by atoms with van der Waals surface area (Å²) in [5, 5.41) is 14.3. The summed E-state index contributed by atoms with van der Waals surface area (Å²) in [7, 11) is -3.98. The zero-order valence-corrected chi connectivity index (χ0v) is 13.2. The third kappa shape index (κ3) is 3.62. The maximum atomic E-state index is 12.3. The van der Waals surface area contributed by atoms with Gasteiger partial charge in [0.15, 0.2) is 5.69 Å². The molecule has 2 rings (SSSR count). The highest BCUT2D eigenvalue weighted by molar-refractivity contribution is 7.89. The van der Waals surface area contributed by atoms with Crippen LogP contribution in [0.5, 0.6) is 0 Å². The van der Waals surface area contributed by atoms with Crippen LogP contribution in [0.3, 0.4) is 0 Å². The molecule has 118 valence electrons. The number of amides is 1. The van der Waals surface area contributed by atoms with E-state index >= 15 is 0 Å². The fourth-order valence-corrected chi connectivity index (χ4v) is 3.85. The number of nitrogens with one attached hydrogen (secondary N) is 2. The molecule has 2 atom stereocenters. The molecule has 0 saturated heterocycles. The first kappa shape index (κ1) is 16.0. The molecule has 1 heterocycles. The molecule has 0 aromatic carbocycles. The number of aromatic amines is 1. The first-order chi connectivity index (χ1) is 9.82. The Morgan fingerprint density at radius 2 is 2.19 bits per heavy atom. The lowest BCUT2D eigenvalue weighted by molar-refractivity contribution is 0.0910. The highest BCUT2D eigenvalue weighted by atomic mass is 32.2. The zero-order chi connectivity index (χ0) is 15.6. The van der Waals surface area contributed by atoms with Crippen LogP contribution in [0.1, 0.15) is 55.2 Å². The molecule has 0 bridgehead atoms. The Morgan fingerprint density at radius 3 is 2.81 bits per heavy atom. The van der Waals surface area contributed by atoms with E-state index in [2.05, 4.69) is 22.4 Å². The molecule has 0 radical (unpaired) electrons. The van der Waals surface area contributed by atoms with Crippen LogP contribution in [0.25, 0.3) is 0 Å². The summed E-state index contributed by atoms with van der Waals surface area (Å²) in [6, 6.07) is 0.0709. The van der Waals surface area contributed by atoms with Gasteiger partial charge in [0.05, 0.1) is 5.69 Å². The maximum Gasteiger partial charge on any atom is 0.273 e. The molecule has 1 aliphatic rings. The number of carbonyl (C=O) groups is 1. The Morgan fingerprint density at radius 1 is 1.48 bits per heavy atom. The Hall–Kier alpha value is -1.41. The van der Waals surface area contributed by atoms with Crippen molar-refractivity contribution < 1.29 is 13.2 Å². The molecule has 1 aliphatic carbocycles. The smallest absolute Gasteiger partial charge is 0.273 e. The third-order valence-electron chi connectivity index (χ3n) is 4.09. The van der Waals surface area contributed by atoms with Gasteiger partial charge in [-0.15, -0.1) is 0 Å². The van der Waals surface area contributed by atoms with Gasteiger partial charge >= 0.3 is 0 Å². The molecule has 7 nitrogen and oxygen atoms in total. The molecule has 1 aromatic rings. The van der Waals surface area contributed by atoms with Crippen molar-refractivity contribution in [2.75, 3.05) is 0 Å². The van der Waals surface area contributed by atoms with E-state index in [1.165, 1.54) is 13.3 Å². The molecule has 2 unspecified atom stereocenters. The Bertz CT molecular complexity index is 623. The van der Waals surface area contributed by atoms with E-state index in [0.717, 1.165) is 25.7 Å². The van der Waals surface area contributed by atoms with Crippen molar-refractivity contribution in [2.45, 2.75) is 56.9 Å². The van der Waals surface area contributed by atoms with Gasteiger partial charge in [-0.05, 0) is 25.7 Å². The van der Waals surface area contributed by atoms with Crippen molar-refractivity contribution in [1.82, 2.24) is 15.5 Å². The van der Waals surface area contributed by atoms with Crippen LogP contribution >= 0.6 is 0 Å². The van der Waals surface area contributed by atoms with Crippen molar-refractivity contribution in [2.24, 2.45) is 11.1 Å². The van der Waals surface area contributed by atoms with E-state index in [0.29, 0.717) is 5.92 Å². The Balaban J connectivity index is 2.15. The first-order valence-corrected chi connectivity index (χ1v) is 8.76. The normalized spacial score (nSPS) is 23.0. The molecule has 1 fully saturated rings. The molecular weight excluding hydrogens is 292 g/mol. The van der Waals surface area contributed by atoms with Gasteiger partial charge < -0.3 is 5.32 Å². The first-order valence-electron chi connectivity index (χ1n) is 7.21. The molecule has 8 heteroatoms. The van der Waals surface area contributed by atoms with Gasteiger partial charge in [-0.1, -0.05) is 26.2 Å². The van der Waals surface area contributed by atoms with Crippen LogP contribution in [0.2, 0.25) is 0 Å². The summed E-state index contributed by atoms with van der Waals surface area (Å²) in [6.45, 7) is 3.67. The number of carbonyl (C=O) groups excluding carboxylic acids is 1. The van der Waals surface area contributed by atoms with Crippen LogP contribution in [-0.2, 0) is 10.0 Å². The van der Waals surface area contributed by atoms with Crippen LogP contribution in [-0.4, -0.2) is 30.6 Å². The van der Waals surface area contributed by atoms with Gasteiger partial charge in [0.2, 0.25) is 10.0 Å². The predicted octanol–water partition coefficient (Wildman–Crippen LogP) is 1.06. The average Bonchev–Trinajstić information content (AvgIpc) is 2.81. The molecule has 21 heavy (non-hydrogen) atoms. The fourth-order valence-electron chi connectivity index (χ4n) is 2.97. The number of nitrogens with two attached hydrogens (primary N) is 1. The summed E-state index contributed by atoms with van der Waals surface area (Å²) < 4.78 is 23.1. The van der Waals surface area contributed by atoms with Crippen molar-refractivity contribution in [1.29, 1.82) is 0 Å². The monoisotopic (exact) mass is 314 g/mol. The molecular formula is C13H22N4O3S. The maximum absolute atomic E-state index is 12.3. The number of primary sulfonamides is 1. The van der Waals surface area contributed by atoms with Crippen molar-refractivity contribution in [3.05, 3.63) is 11.4 Å². The largest absolute Gasteiger partial charge is 0.348 e. The van der Waals surface area contributed by atoms with Crippen molar-refractivity contribution in [3.8, 4) is 0 Å². The molecule has 1 saturated carbocycles. The zero-order valence-electron chi connectivity index (χ0n) is 12.3. The molecule has 1 amide bonds. The van der Waals surface area contributed by atoms with Gasteiger partial charge in [0.1, 0.15) is 4.90 Å². The number of rotatable bonds is 4. The van der Waals surface area contributed by atoms with Crippen LogP contribution < -0.4 is 10.5 Å². The summed E-state index contributed by atoms with van der Waals surface area (Å²) in [4.78, 5) is 12.1. The van der Waals surface area contributed by atoms with Crippen molar-refractivity contribution >= 4 is 15.9 Å². The number of sulfonamides is 1. The predicted molar refractivity (Wildman–Crippen MR) is 78.2 cm³/mol. The molecule has 1 aromatic heterocycles. The van der Waals surface area contributed by atoms with E-state index in [1.807, 2.05) is 0 Å². The minimum absolute atomic E-state index is 0.0709. The standard InChI is InChI=1S/C13H22N4O3S/c1-3-9-5-4-6-10(7-9)15-13(18)11-12(21(14,19)20)8(2)16-17-11/h9-10H,3-7H2,1-2H3,(H,15,18)(H,16,17)(H2,14,19,20). The molecule has 0 aliphatic heterocycles. The summed E-state index contributed by atoms with van der Waals surface area (Å²) in [6.07, 6.45) is 5.20. The Kier molecular flexibility index (Phi) is 4.67. The van der Waals surface area contributed by atoms with Gasteiger partial charge in [-0.3, -0.25) is 9.89 Å². The minimum atomic E-state index is -3.98. The van der Waals surface area contributed by atoms with E-state index < -0.39 is 15.9 Å². The van der Waals surface area contributed by atoms with Crippen molar-refractivity contribution in [3.63, 3.8) is 0 Å². The lowest BCUT2D eigenvalue weighted by Gasteiger charge is -2.28. The van der Waals surface area contributed by atoms with Gasteiger partial charge in [-0.25, -0.2) is 13.6 Å². The summed E-state index contributed by atoms with van der Waals surface area (Å²) >= 11 is 0. The van der Waals surface area contributed by atoms with Gasteiger partial charge in [-0.2, -0.15) is 5.10 Å². The number of aryl methyl sites for hydroxylation is 1. The SMILES string of the molecule is CCC1CCCC(NC(=O)c2n[nH]c(C)c2S(N)(=O)=O)C1. The van der Waals surface area contributed by atoms with E-state index in [1.54, 1.807) is 0 Å². The number of H-pyrrole nitrogens is 1. The second-order valence-electron chi connectivity index (χ2n) is 5.68. The van der Waals surface area contributed by atoms with E-state index in [9.17, 15) is 13.2 Å². The van der Waals surface area contributed by atoms with Crippen LogP contribution in [0.15, 0.2) is 4.90 Å². The van der Waals surface area contributed by atoms with E-state index in [4.69, 9.17) is 5.14 Å². The van der Waals surface area contributed by atoms with Crippen LogP contribution in [0.4, 0.5) is 0 Å². The average molecular weight is 314 g/mol. The second kappa shape index (κ2) is 6.15. The number of aromatic nitrogens is 2. The third-order valence-corrected chi connectivity index (χ3v) is 5.15. The Labute approximate surface area is 124 Å². The second-order valence-corrected chi connectivity index (χ2v) is 7.18. The number of nitrogens with zero attached hydrogens (tertiary/aromatic N) is 1. The topological polar surface area (TPSA) is 118 Å². The lowest BCUT2D eigenvalue weighted by Crippen LogP contribution is -2.39. The number of hydrogen-bond acceptors (Lipinski definition) is 4. The minimum Gasteiger partial charge on any atom is -0.348 e. The van der Waals surface area contributed by atoms with Gasteiger partial charge in [0.25, 0.3) is 5.91 Å². The summed E-state index contributed by atoms with van der Waals surface area (Å²) in [5.74, 6) is 0.132. The quantitative estimate of drug-likeness (QED) is 0.770. The highest BCUT2D eigenvalue weighted by Crippen LogP contribution is 2.27. The lowest BCUT2D eigenvalue weighted by atomic mass is 9.84. The molecule has 0 spiro atoms. The fraction of sp³-hybridized carbons (Fsp3) is 0.692.